The van der Waals surface area contributed by atoms with Crippen molar-refractivity contribution in [1.82, 2.24) is 0 Å². The van der Waals surface area contributed by atoms with E-state index in [-0.39, 0.29) is 0 Å². The summed E-state index contributed by atoms with van der Waals surface area (Å²) < 4.78 is 0.889. The Morgan fingerprint density at radius 3 is 2.69 bits per heavy atom. The van der Waals surface area contributed by atoms with Gasteiger partial charge in [-0.2, -0.15) is 0 Å². The van der Waals surface area contributed by atoms with Gasteiger partial charge in [0.15, 0.2) is 12.6 Å². The van der Waals surface area contributed by atoms with Crippen molar-refractivity contribution < 1.29 is 9.59 Å². The maximum absolute atomic E-state index is 10.6. The van der Waals surface area contributed by atoms with Gasteiger partial charge in [-0.15, -0.1) is 11.3 Å². The monoisotopic (exact) mass is 190 g/mol. The Kier molecular flexibility index (Phi) is 1.94. The Balaban J connectivity index is 2.81. The minimum atomic E-state index is 0.649. The fourth-order valence-electron chi connectivity index (χ4n) is 1.26. The molecule has 0 spiro atoms. The largest absolute Gasteiger partial charge is 0.298 e. The highest BCUT2D eigenvalue weighted by atomic mass is 32.1. The molecule has 1 aromatic carbocycles. The first-order valence-electron chi connectivity index (χ1n) is 3.78. The van der Waals surface area contributed by atoms with Crippen LogP contribution in [0.15, 0.2) is 24.3 Å². The number of benzene rings is 1. The molecule has 0 saturated carbocycles. The molecule has 2 nitrogen and oxygen atoms in total. The van der Waals surface area contributed by atoms with Gasteiger partial charge in [-0.3, -0.25) is 9.59 Å². The standard InChI is InChI=1S/C10H6O2S/c11-5-8-3-1-2-7-4-9(6-12)13-10(7)8/h1-6H. The lowest BCUT2D eigenvalue weighted by molar-refractivity contribution is 0.111. The predicted molar refractivity (Wildman–Crippen MR) is 52.6 cm³/mol. The van der Waals surface area contributed by atoms with Gasteiger partial charge in [-0.1, -0.05) is 18.2 Å². The van der Waals surface area contributed by atoms with Crippen LogP contribution in [0.4, 0.5) is 0 Å². The van der Waals surface area contributed by atoms with Gasteiger partial charge >= 0.3 is 0 Å². The average molecular weight is 190 g/mol. The van der Waals surface area contributed by atoms with E-state index >= 15 is 0 Å². The van der Waals surface area contributed by atoms with Crippen molar-refractivity contribution in [3.05, 3.63) is 34.7 Å². The van der Waals surface area contributed by atoms with Crippen LogP contribution in [0, 0.1) is 0 Å². The molecule has 0 radical (unpaired) electrons. The van der Waals surface area contributed by atoms with E-state index in [0.717, 1.165) is 22.7 Å². The summed E-state index contributed by atoms with van der Waals surface area (Å²) in [5.41, 5.74) is 0.649. The summed E-state index contributed by atoms with van der Waals surface area (Å²) in [4.78, 5) is 21.8. The highest BCUT2D eigenvalue weighted by molar-refractivity contribution is 7.20. The molecular weight excluding hydrogens is 184 g/mol. The van der Waals surface area contributed by atoms with Crippen LogP contribution < -0.4 is 0 Å². The first-order valence-corrected chi connectivity index (χ1v) is 4.59. The molecule has 3 heteroatoms. The van der Waals surface area contributed by atoms with Gasteiger partial charge in [-0.25, -0.2) is 0 Å². The maximum atomic E-state index is 10.6. The molecule has 0 fully saturated rings. The quantitative estimate of drug-likeness (QED) is 0.682. The van der Waals surface area contributed by atoms with Crippen LogP contribution in [0.2, 0.25) is 0 Å². The van der Waals surface area contributed by atoms with Crippen molar-refractivity contribution in [3.63, 3.8) is 0 Å². The molecule has 1 heterocycles. The zero-order chi connectivity index (χ0) is 9.26. The van der Waals surface area contributed by atoms with Crippen LogP contribution in [0.5, 0.6) is 0 Å². The van der Waals surface area contributed by atoms with Crippen LogP contribution in [-0.4, -0.2) is 12.6 Å². The number of carbonyl (C=O) groups is 2. The topological polar surface area (TPSA) is 34.1 Å². The average Bonchev–Trinajstić information content (AvgIpc) is 2.59. The van der Waals surface area contributed by atoms with E-state index in [9.17, 15) is 9.59 Å². The van der Waals surface area contributed by atoms with E-state index in [2.05, 4.69) is 0 Å². The van der Waals surface area contributed by atoms with E-state index in [1.54, 1.807) is 12.1 Å². The fourth-order valence-corrected chi connectivity index (χ4v) is 2.20. The number of carbonyl (C=O) groups excluding carboxylic acids is 2. The lowest BCUT2D eigenvalue weighted by Crippen LogP contribution is -1.76. The van der Waals surface area contributed by atoms with Crippen molar-refractivity contribution in [3.8, 4) is 0 Å². The van der Waals surface area contributed by atoms with Gasteiger partial charge in [0.2, 0.25) is 0 Å². The summed E-state index contributed by atoms with van der Waals surface area (Å²) in [5.74, 6) is 0. The van der Waals surface area contributed by atoms with E-state index < -0.39 is 0 Å². The first-order chi connectivity index (χ1) is 6.35. The lowest BCUT2D eigenvalue weighted by Gasteiger charge is -1.90. The number of hydrogen-bond donors (Lipinski definition) is 0. The highest BCUT2D eigenvalue weighted by Crippen LogP contribution is 2.26. The second-order valence-electron chi connectivity index (χ2n) is 2.65. The minimum absolute atomic E-state index is 0.649. The Labute approximate surface area is 78.8 Å². The van der Waals surface area contributed by atoms with E-state index in [1.807, 2.05) is 12.1 Å². The van der Waals surface area contributed by atoms with Crippen LogP contribution >= 0.6 is 11.3 Å². The summed E-state index contributed by atoms with van der Waals surface area (Å²) in [5, 5.41) is 0.955. The van der Waals surface area contributed by atoms with Crippen molar-refractivity contribution >= 4 is 34.0 Å². The van der Waals surface area contributed by atoms with Gasteiger partial charge in [-0.05, 0) is 11.5 Å². The van der Waals surface area contributed by atoms with Crippen molar-refractivity contribution in [1.29, 1.82) is 0 Å². The van der Waals surface area contributed by atoms with Gasteiger partial charge in [0.1, 0.15) is 0 Å². The Morgan fingerprint density at radius 2 is 2.00 bits per heavy atom. The number of hydrogen-bond acceptors (Lipinski definition) is 3. The molecule has 0 aliphatic carbocycles. The summed E-state index contributed by atoms with van der Waals surface area (Å²) in [6, 6.07) is 7.25. The summed E-state index contributed by atoms with van der Waals surface area (Å²) in [6.45, 7) is 0. The third-order valence-corrected chi connectivity index (χ3v) is 2.96. The second-order valence-corrected chi connectivity index (χ2v) is 3.73. The molecular formula is C10H6O2S. The number of fused-ring (bicyclic) bond motifs is 1. The molecule has 2 rings (SSSR count). The molecule has 0 aliphatic heterocycles. The molecule has 0 N–H and O–H groups in total. The van der Waals surface area contributed by atoms with Crippen LogP contribution in [0.25, 0.3) is 10.1 Å². The summed E-state index contributed by atoms with van der Waals surface area (Å²) >= 11 is 1.35. The smallest absolute Gasteiger partial charge is 0.160 e. The molecule has 0 unspecified atom stereocenters. The van der Waals surface area contributed by atoms with Crippen LogP contribution in [-0.2, 0) is 0 Å². The molecule has 0 saturated heterocycles. The predicted octanol–water partition coefficient (Wildman–Crippen LogP) is 2.53. The third-order valence-electron chi connectivity index (χ3n) is 1.84. The van der Waals surface area contributed by atoms with Crippen molar-refractivity contribution in [2.24, 2.45) is 0 Å². The van der Waals surface area contributed by atoms with E-state index in [0.29, 0.717) is 10.4 Å². The molecule has 1 aromatic heterocycles. The van der Waals surface area contributed by atoms with Gasteiger partial charge in [0, 0.05) is 10.3 Å². The lowest BCUT2D eigenvalue weighted by atomic mass is 10.2. The SMILES string of the molecule is O=Cc1cc2cccc(C=O)c2s1. The highest BCUT2D eigenvalue weighted by Gasteiger charge is 2.04. The fraction of sp³-hybridized carbons (Fsp3) is 0. The minimum Gasteiger partial charge on any atom is -0.298 e. The van der Waals surface area contributed by atoms with E-state index in [1.165, 1.54) is 11.3 Å². The third kappa shape index (κ3) is 1.27. The van der Waals surface area contributed by atoms with Gasteiger partial charge in [0.05, 0.1) is 4.88 Å². The van der Waals surface area contributed by atoms with Crippen molar-refractivity contribution in [2.45, 2.75) is 0 Å². The Bertz CT molecular complexity index is 471. The number of aldehydes is 2. The van der Waals surface area contributed by atoms with E-state index in [4.69, 9.17) is 0 Å². The Hall–Kier alpha value is -1.48. The molecule has 0 bridgehead atoms. The van der Waals surface area contributed by atoms with Crippen molar-refractivity contribution in [2.75, 3.05) is 0 Å². The Morgan fingerprint density at radius 1 is 1.15 bits per heavy atom. The molecule has 2 aromatic rings. The maximum Gasteiger partial charge on any atom is 0.160 e. The van der Waals surface area contributed by atoms with Crippen LogP contribution in [0.3, 0.4) is 0 Å². The van der Waals surface area contributed by atoms with Crippen LogP contribution in [0.1, 0.15) is 20.0 Å². The second kappa shape index (κ2) is 3.11. The molecule has 0 aliphatic rings. The van der Waals surface area contributed by atoms with Gasteiger partial charge < -0.3 is 0 Å². The molecule has 0 amide bonds. The molecule has 64 valence electrons. The first kappa shape index (κ1) is 8.13. The number of rotatable bonds is 2. The zero-order valence-electron chi connectivity index (χ0n) is 6.69. The zero-order valence-corrected chi connectivity index (χ0v) is 7.51. The molecule has 0 atom stereocenters. The summed E-state index contributed by atoms with van der Waals surface area (Å²) in [7, 11) is 0. The molecule has 13 heavy (non-hydrogen) atoms. The van der Waals surface area contributed by atoms with Gasteiger partial charge in [0.25, 0.3) is 0 Å². The number of thiophene rings is 1. The summed E-state index contributed by atoms with van der Waals surface area (Å²) in [6.07, 6.45) is 1.62. The normalized spacial score (nSPS) is 10.2.